The van der Waals surface area contributed by atoms with Gasteiger partial charge in [0.25, 0.3) is 0 Å². The molecular weight excluding hydrogens is 164 g/mol. The average Bonchev–Trinajstić information content (AvgIpc) is 2.72. The molecular formula is C9H14N4. The lowest BCUT2D eigenvalue weighted by Gasteiger charge is -2.11. The number of nitrogens with one attached hydrogen (secondary N) is 1. The molecule has 2 fully saturated rings. The molecule has 4 heteroatoms. The second kappa shape index (κ2) is 2.80. The molecule has 1 aromatic rings. The van der Waals surface area contributed by atoms with E-state index < -0.39 is 0 Å². The maximum Gasteiger partial charge on any atom is 0.0728 e. The molecule has 2 heterocycles. The van der Waals surface area contributed by atoms with Crippen LogP contribution in [0.4, 0.5) is 0 Å². The van der Waals surface area contributed by atoms with Crippen LogP contribution >= 0.6 is 0 Å². The second-order valence-corrected chi connectivity index (χ2v) is 4.02. The van der Waals surface area contributed by atoms with Gasteiger partial charge in [-0.2, -0.15) is 0 Å². The van der Waals surface area contributed by atoms with Crippen molar-refractivity contribution in [3.05, 3.63) is 11.9 Å². The number of hydrogen-bond acceptors (Lipinski definition) is 3. The number of nitrogens with zero attached hydrogens (tertiary/aromatic N) is 3. The zero-order valence-corrected chi connectivity index (χ0v) is 7.61. The summed E-state index contributed by atoms with van der Waals surface area (Å²) in [5.41, 5.74) is 1.36. The summed E-state index contributed by atoms with van der Waals surface area (Å²) in [5.74, 6) is 0.760. The molecule has 0 amide bonds. The van der Waals surface area contributed by atoms with E-state index in [4.69, 9.17) is 0 Å². The van der Waals surface area contributed by atoms with Crippen LogP contribution in [0, 0.1) is 0 Å². The Balaban J connectivity index is 1.88. The first-order valence-electron chi connectivity index (χ1n) is 5.06. The van der Waals surface area contributed by atoms with Gasteiger partial charge in [-0.05, 0) is 25.8 Å². The molecule has 70 valence electrons. The molecule has 13 heavy (non-hydrogen) atoms. The van der Waals surface area contributed by atoms with E-state index in [1.54, 1.807) is 0 Å². The van der Waals surface area contributed by atoms with Crippen molar-refractivity contribution in [1.82, 2.24) is 20.3 Å². The van der Waals surface area contributed by atoms with E-state index in [1.165, 1.54) is 25.0 Å². The number of hydrogen-bond donors (Lipinski definition) is 1. The highest BCUT2D eigenvalue weighted by Crippen LogP contribution is 2.40. The normalized spacial score (nSPS) is 28.2. The molecule has 1 aromatic heterocycles. The standard InChI is InChI=1S/C9H14N4/c1-2-7(1)9-6-11-12-13(9)8-3-4-10-5-8/h6-8,10H,1-5H2. The summed E-state index contributed by atoms with van der Waals surface area (Å²) in [6.07, 6.45) is 5.79. The van der Waals surface area contributed by atoms with Gasteiger partial charge in [0.2, 0.25) is 0 Å². The smallest absolute Gasteiger partial charge is 0.0728 e. The third kappa shape index (κ3) is 1.25. The Labute approximate surface area is 77.3 Å². The fraction of sp³-hybridized carbons (Fsp3) is 0.778. The van der Waals surface area contributed by atoms with Crippen LogP contribution in [0.15, 0.2) is 6.20 Å². The van der Waals surface area contributed by atoms with Crippen molar-refractivity contribution in [2.75, 3.05) is 13.1 Å². The van der Waals surface area contributed by atoms with Gasteiger partial charge in [-0.1, -0.05) is 5.21 Å². The van der Waals surface area contributed by atoms with Gasteiger partial charge < -0.3 is 5.32 Å². The fourth-order valence-corrected chi connectivity index (χ4v) is 2.05. The first kappa shape index (κ1) is 7.50. The summed E-state index contributed by atoms with van der Waals surface area (Å²) >= 11 is 0. The first-order chi connectivity index (χ1) is 6.45. The molecule has 0 spiro atoms. The largest absolute Gasteiger partial charge is 0.315 e. The van der Waals surface area contributed by atoms with Crippen LogP contribution in [0.2, 0.25) is 0 Å². The SMILES string of the molecule is c1nnn(C2CCNC2)c1C1CC1. The molecule has 1 saturated heterocycles. The Kier molecular flexibility index (Phi) is 1.62. The van der Waals surface area contributed by atoms with Crippen molar-refractivity contribution < 1.29 is 0 Å². The highest BCUT2D eigenvalue weighted by atomic mass is 15.4. The third-order valence-electron chi connectivity index (χ3n) is 2.98. The fourth-order valence-electron chi connectivity index (χ4n) is 2.05. The highest BCUT2D eigenvalue weighted by Gasteiger charge is 2.30. The lowest BCUT2D eigenvalue weighted by molar-refractivity contribution is 0.459. The molecule has 0 bridgehead atoms. The molecule has 1 atom stereocenters. The molecule has 0 radical (unpaired) electrons. The topological polar surface area (TPSA) is 42.7 Å². The van der Waals surface area contributed by atoms with Gasteiger partial charge in [0.1, 0.15) is 0 Å². The molecule has 1 N–H and O–H groups in total. The van der Waals surface area contributed by atoms with E-state index in [0.717, 1.165) is 19.0 Å². The summed E-state index contributed by atoms with van der Waals surface area (Å²) in [4.78, 5) is 0. The van der Waals surface area contributed by atoms with E-state index in [2.05, 4.69) is 20.3 Å². The lowest BCUT2D eigenvalue weighted by Crippen LogP contribution is -2.16. The maximum absolute atomic E-state index is 4.19. The number of rotatable bonds is 2. The highest BCUT2D eigenvalue weighted by molar-refractivity contribution is 5.11. The van der Waals surface area contributed by atoms with Crippen molar-refractivity contribution in [2.24, 2.45) is 0 Å². The van der Waals surface area contributed by atoms with E-state index in [1.807, 2.05) is 6.20 Å². The first-order valence-corrected chi connectivity index (χ1v) is 5.06. The predicted molar refractivity (Wildman–Crippen MR) is 48.5 cm³/mol. The number of aromatic nitrogens is 3. The minimum Gasteiger partial charge on any atom is -0.315 e. The van der Waals surface area contributed by atoms with Crippen LogP contribution < -0.4 is 5.32 Å². The molecule has 1 aliphatic heterocycles. The van der Waals surface area contributed by atoms with Crippen molar-refractivity contribution in [3.8, 4) is 0 Å². The van der Waals surface area contributed by atoms with Gasteiger partial charge >= 0.3 is 0 Å². The van der Waals surface area contributed by atoms with Gasteiger partial charge in [-0.3, -0.25) is 0 Å². The van der Waals surface area contributed by atoms with Crippen molar-refractivity contribution in [3.63, 3.8) is 0 Å². The van der Waals surface area contributed by atoms with E-state index in [9.17, 15) is 0 Å². The Morgan fingerprint density at radius 3 is 3.00 bits per heavy atom. The summed E-state index contributed by atoms with van der Waals surface area (Å²) < 4.78 is 2.14. The predicted octanol–water partition coefficient (Wildman–Crippen LogP) is 0.690. The Morgan fingerprint density at radius 1 is 1.38 bits per heavy atom. The van der Waals surface area contributed by atoms with Gasteiger partial charge in [-0.25, -0.2) is 4.68 Å². The Morgan fingerprint density at radius 2 is 2.31 bits per heavy atom. The van der Waals surface area contributed by atoms with Crippen LogP contribution in [0.1, 0.15) is 36.9 Å². The van der Waals surface area contributed by atoms with Gasteiger partial charge in [-0.15, -0.1) is 5.10 Å². The minimum absolute atomic E-state index is 0.554. The van der Waals surface area contributed by atoms with Crippen molar-refractivity contribution in [1.29, 1.82) is 0 Å². The van der Waals surface area contributed by atoms with Crippen LogP contribution in [0.5, 0.6) is 0 Å². The lowest BCUT2D eigenvalue weighted by atomic mass is 10.2. The zero-order chi connectivity index (χ0) is 8.67. The van der Waals surface area contributed by atoms with Crippen LogP contribution in [-0.4, -0.2) is 28.1 Å². The quantitative estimate of drug-likeness (QED) is 0.724. The zero-order valence-electron chi connectivity index (χ0n) is 7.61. The van der Waals surface area contributed by atoms with E-state index >= 15 is 0 Å². The maximum atomic E-state index is 4.19. The summed E-state index contributed by atoms with van der Waals surface area (Å²) in [7, 11) is 0. The summed E-state index contributed by atoms with van der Waals surface area (Å²) in [5, 5.41) is 11.6. The van der Waals surface area contributed by atoms with Crippen LogP contribution in [0.25, 0.3) is 0 Å². The Hall–Kier alpha value is -0.900. The Bertz CT molecular complexity index is 296. The average molecular weight is 178 g/mol. The van der Waals surface area contributed by atoms with E-state index in [0.29, 0.717) is 6.04 Å². The molecule has 1 aliphatic carbocycles. The molecule has 3 rings (SSSR count). The second-order valence-electron chi connectivity index (χ2n) is 4.02. The molecule has 1 saturated carbocycles. The minimum atomic E-state index is 0.554. The van der Waals surface area contributed by atoms with Crippen molar-refractivity contribution in [2.45, 2.75) is 31.2 Å². The van der Waals surface area contributed by atoms with Crippen LogP contribution in [-0.2, 0) is 0 Å². The van der Waals surface area contributed by atoms with Crippen LogP contribution in [0.3, 0.4) is 0 Å². The summed E-state index contributed by atoms with van der Waals surface area (Å²) in [6, 6.07) is 0.554. The molecule has 2 aliphatic rings. The van der Waals surface area contributed by atoms with Crippen molar-refractivity contribution >= 4 is 0 Å². The molecule has 0 aromatic carbocycles. The van der Waals surface area contributed by atoms with E-state index in [-0.39, 0.29) is 0 Å². The third-order valence-corrected chi connectivity index (χ3v) is 2.98. The summed E-state index contributed by atoms with van der Waals surface area (Å²) in [6.45, 7) is 2.18. The van der Waals surface area contributed by atoms with Gasteiger partial charge in [0, 0.05) is 12.5 Å². The molecule has 1 unspecified atom stereocenters. The van der Waals surface area contributed by atoms with Gasteiger partial charge in [0.05, 0.1) is 17.9 Å². The van der Waals surface area contributed by atoms with Gasteiger partial charge in [0.15, 0.2) is 0 Å². The monoisotopic (exact) mass is 178 g/mol. The molecule has 4 nitrogen and oxygen atoms in total.